The molecule has 0 amide bonds. The summed E-state index contributed by atoms with van der Waals surface area (Å²) >= 11 is 0. The van der Waals surface area contributed by atoms with Gasteiger partial charge in [0.1, 0.15) is 23.0 Å². The van der Waals surface area contributed by atoms with Crippen LogP contribution in [0.2, 0.25) is 0 Å². The quantitative estimate of drug-likeness (QED) is 0.574. The van der Waals surface area contributed by atoms with Crippen molar-refractivity contribution in [2.45, 2.75) is 77.6 Å². The molecule has 0 aliphatic heterocycles. The lowest BCUT2D eigenvalue weighted by molar-refractivity contribution is -0.123. The number of ketones is 1. The molecule has 0 spiro atoms. The Morgan fingerprint density at radius 3 is 2.48 bits per heavy atom. The molecule has 158 valence electrons. The van der Waals surface area contributed by atoms with Crippen molar-refractivity contribution in [1.29, 1.82) is 0 Å². The highest BCUT2D eigenvalue weighted by Crippen LogP contribution is 2.45. The van der Waals surface area contributed by atoms with Crippen LogP contribution in [0.15, 0.2) is 28.8 Å². The first-order chi connectivity index (χ1) is 14.1. The molecule has 29 heavy (non-hydrogen) atoms. The van der Waals surface area contributed by atoms with Gasteiger partial charge >= 0.3 is 6.61 Å². The van der Waals surface area contributed by atoms with Gasteiger partial charge in [0.2, 0.25) is 0 Å². The van der Waals surface area contributed by atoms with Gasteiger partial charge in [0, 0.05) is 29.9 Å². The van der Waals surface area contributed by atoms with Crippen molar-refractivity contribution < 1.29 is 27.6 Å². The molecule has 4 rings (SSSR count). The smallest absolute Gasteiger partial charge is 0.387 e. The molecule has 2 aromatic rings. The van der Waals surface area contributed by atoms with Crippen LogP contribution < -0.4 is 4.74 Å². The second-order valence-electron chi connectivity index (χ2n) is 7.07. The van der Waals surface area contributed by atoms with E-state index in [9.17, 15) is 13.6 Å². The Bertz CT molecular complexity index is 807. The first-order valence-corrected chi connectivity index (χ1v) is 10.3. The fourth-order valence-electron chi connectivity index (χ4n) is 3.48. The zero-order valence-corrected chi connectivity index (χ0v) is 16.8. The lowest BCUT2D eigenvalue weighted by Gasteiger charge is -2.21. The van der Waals surface area contributed by atoms with Crippen LogP contribution in [0.4, 0.5) is 8.78 Å². The third kappa shape index (κ3) is 5.41. The summed E-state index contributed by atoms with van der Waals surface area (Å²) in [4.78, 5) is 11.4. The van der Waals surface area contributed by atoms with E-state index in [0.717, 1.165) is 24.2 Å². The highest BCUT2D eigenvalue weighted by Gasteiger charge is 2.34. The molecule has 1 aromatic carbocycles. The minimum Gasteiger partial charge on any atom is -0.434 e. The van der Waals surface area contributed by atoms with E-state index in [2.05, 4.69) is 9.89 Å². The van der Waals surface area contributed by atoms with Crippen molar-refractivity contribution in [3.05, 3.63) is 35.6 Å². The molecular formula is C22H27F2NO4. The summed E-state index contributed by atoms with van der Waals surface area (Å²) in [6.45, 7) is 1.37. The van der Waals surface area contributed by atoms with E-state index in [4.69, 9.17) is 9.26 Å². The second kappa shape index (κ2) is 9.96. The highest BCUT2D eigenvalue weighted by molar-refractivity contribution is 5.79. The number of nitrogens with zero attached hydrogens (tertiary/aromatic N) is 1. The first-order valence-electron chi connectivity index (χ1n) is 10.3. The van der Waals surface area contributed by atoms with Crippen LogP contribution in [0.1, 0.15) is 69.6 Å². The molecule has 0 bridgehead atoms. The Balaban J connectivity index is 0.00000117. The Hall–Kier alpha value is -2.28. The van der Waals surface area contributed by atoms with Gasteiger partial charge in [-0.1, -0.05) is 31.1 Å². The van der Waals surface area contributed by atoms with Gasteiger partial charge in [-0.05, 0) is 37.8 Å². The van der Waals surface area contributed by atoms with Gasteiger partial charge in [0.15, 0.2) is 0 Å². The van der Waals surface area contributed by atoms with Crippen molar-refractivity contribution in [2.24, 2.45) is 0 Å². The maximum Gasteiger partial charge on any atom is 0.387 e. The maximum absolute atomic E-state index is 12.8. The van der Waals surface area contributed by atoms with E-state index in [0.29, 0.717) is 42.9 Å². The van der Waals surface area contributed by atoms with Gasteiger partial charge in [-0.15, -0.1) is 0 Å². The Kier molecular flexibility index (Phi) is 7.36. The topological polar surface area (TPSA) is 61.6 Å². The van der Waals surface area contributed by atoms with Crippen LogP contribution in [0.3, 0.4) is 0 Å². The summed E-state index contributed by atoms with van der Waals surface area (Å²) in [6, 6.07) is 6.56. The largest absolute Gasteiger partial charge is 0.434 e. The number of hydrogen-bond donors (Lipinski definition) is 0. The van der Waals surface area contributed by atoms with Gasteiger partial charge in [0.25, 0.3) is 0 Å². The number of carbonyl (C=O) groups excluding carboxylic acids is 1. The Morgan fingerprint density at radius 1 is 1.14 bits per heavy atom. The third-order valence-corrected chi connectivity index (χ3v) is 5.08. The van der Waals surface area contributed by atoms with Gasteiger partial charge in [0.05, 0.1) is 12.7 Å². The molecule has 0 N–H and O–H groups in total. The normalized spacial score (nSPS) is 17.2. The van der Waals surface area contributed by atoms with Crippen LogP contribution >= 0.6 is 0 Å². The van der Waals surface area contributed by atoms with Crippen LogP contribution in [0.5, 0.6) is 5.75 Å². The molecule has 2 fully saturated rings. The predicted octanol–water partition coefficient (Wildman–Crippen LogP) is 5.87. The lowest BCUT2D eigenvalue weighted by atomic mass is 9.96. The second-order valence-corrected chi connectivity index (χ2v) is 7.07. The van der Waals surface area contributed by atoms with E-state index < -0.39 is 6.61 Å². The van der Waals surface area contributed by atoms with Crippen molar-refractivity contribution in [3.8, 4) is 17.0 Å². The summed E-state index contributed by atoms with van der Waals surface area (Å²) in [5, 5.41) is 4.16. The molecule has 1 aromatic heterocycles. The average molecular weight is 407 g/mol. The number of para-hydroxylation sites is 1. The Labute approximate surface area is 169 Å². The molecule has 0 unspecified atom stereocenters. The van der Waals surface area contributed by atoms with E-state index in [1.54, 1.807) is 18.2 Å². The molecule has 5 nitrogen and oxygen atoms in total. The molecule has 0 radical (unpaired) electrons. The number of benzene rings is 1. The van der Waals surface area contributed by atoms with Crippen LogP contribution in [-0.4, -0.2) is 23.7 Å². The van der Waals surface area contributed by atoms with Crippen molar-refractivity contribution in [3.63, 3.8) is 0 Å². The molecule has 7 heteroatoms. The molecule has 1 heterocycles. The molecule has 2 aliphatic carbocycles. The number of alkyl halides is 2. The molecule has 2 aliphatic rings. The fraction of sp³-hybridized carbons (Fsp3) is 0.545. The van der Waals surface area contributed by atoms with E-state index >= 15 is 0 Å². The standard InChI is InChI=1S/C20H21F2NO4.C2H6/c21-20(22)26-17-4-2-1-3-15(17)18-16(19(27-23-18)12-5-6-12)11-25-14-9-7-13(24)8-10-14;1-2/h1-4,12,14,20H,5-11H2;1-2H3. The Morgan fingerprint density at radius 2 is 1.83 bits per heavy atom. The number of halogens is 2. The minimum absolute atomic E-state index is 0.0186. The number of rotatable bonds is 7. The van der Waals surface area contributed by atoms with Crippen molar-refractivity contribution >= 4 is 5.78 Å². The van der Waals surface area contributed by atoms with E-state index in [1.807, 2.05) is 13.8 Å². The predicted molar refractivity (Wildman–Crippen MR) is 104 cm³/mol. The van der Waals surface area contributed by atoms with Gasteiger partial charge in [-0.25, -0.2) is 0 Å². The first kappa shape index (κ1) is 21.4. The number of ether oxygens (including phenoxy) is 2. The molecular weight excluding hydrogens is 380 g/mol. The van der Waals surface area contributed by atoms with Gasteiger partial charge < -0.3 is 14.0 Å². The zero-order valence-electron chi connectivity index (χ0n) is 16.8. The van der Waals surface area contributed by atoms with Crippen molar-refractivity contribution in [2.75, 3.05) is 0 Å². The summed E-state index contributed by atoms with van der Waals surface area (Å²) in [7, 11) is 0. The lowest BCUT2D eigenvalue weighted by Crippen LogP contribution is -2.21. The van der Waals surface area contributed by atoms with Gasteiger partial charge in [-0.2, -0.15) is 8.78 Å². The summed E-state index contributed by atoms with van der Waals surface area (Å²) < 4.78 is 41.8. The number of hydrogen-bond acceptors (Lipinski definition) is 5. The molecule has 2 saturated carbocycles. The molecule has 0 atom stereocenters. The number of Topliss-reactive ketones (excluding diaryl/α,β-unsaturated/α-hetero) is 1. The monoisotopic (exact) mass is 407 g/mol. The fourth-order valence-corrected chi connectivity index (χ4v) is 3.48. The van der Waals surface area contributed by atoms with Crippen LogP contribution in [-0.2, 0) is 16.1 Å². The van der Waals surface area contributed by atoms with Crippen LogP contribution in [0, 0.1) is 0 Å². The maximum atomic E-state index is 12.8. The summed E-state index contributed by atoms with van der Waals surface area (Å²) in [5.41, 5.74) is 1.74. The SMILES string of the molecule is CC.O=C1CCC(OCc2c(-c3ccccc3OC(F)F)noc2C2CC2)CC1. The highest BCUT2D eigenvalue weighted by atomic mass is 19.3. The minimum atomic E-state index is -2.92. The number of aromatic nitrogens is 1. The molecule has 0 saturated heterocycles. The van der Waals surface area contributed by atoms with Crippen molar-refractivity contribution in [1.82, 2.24) is 5.16 Å². The van der Waals surface area contributed by atoms with Gasteiger partial charge in [-0.3, -0.25) is 4.79 Å². The van der Waals surface area contributed by atoms with Crippen LogP contribution in [0.25, 0.3) is 11.3 Å². The third-order valence-electron chi connectivity index (χ3n) is 5.08. The zero-order chi connectivity index (χ0) is 20.8. The average Bonchev–Trinajstić information content (AvgIpc) is 3.49. The summed E-state index contributed by atoms with van der Waals surface area (Å²) in [6.07, 6.45) is 4.57. The number of carbonyl (C=O) groups is 1. The van der Waals surface area contributed by atoms with E-state index in [1.165, 1.54) is 6.07 Å². The summed E-state index contributed by atoms with van der Waals surface area (Å²) in [5.74, 6) is 1.41. The van der Waals surface area contributed by atoms with E-state index in [-0.39, 0.29) is 24.2 Å².